The molecule has 0 bridgehead atoms. The van der Waals surface area contributed by atoms with Gasteiger partial charge in [-0.15, -0.1) is 0 Å². The van der Waals surface area contributed by atoms with E-state index in [2.05, 4.69) is 20.4 Å². The average Bonchev–Trinajstić information content (AvgIpc) is 3.24. The number of nitrogens with zero attached hydrogens (tertiary/aromatic N) is 3. The lowest BCUT2D eigenvalue weighted by Crippen LogP contribution is -2.43. The third kappa shape index (κ3) is 5.70. The van der Waals surface area contributed by atoms with Crippen molar-refractivity contribution in [2.75, 3.05) is 47.6 Å². The summed E-state index contributed by atoms with van der Waals surface area (Å²) < 4.78 is 21.1. The van der Waals surface area contributed by atoms with Crippen molar-refractivity contribution in [2.45, 2.75) is 25.8 Å². The molecule has 1 atom stereocenters. The molecule has 30 heavy (non-hydrogen) atoms. The first-order valence-corrected chi connectivity index (χ1v) is 10.2. The molecule has 0 spiro atoms. The standard InChI is InChI=1S/C21H30N4O5/c1-27-11-5-9-22-21(26)16-6-4-10-25(13-16)14-19-23-20(24-30-19)15-7-8-17(28-2)18(12-15)29-3/h7-8,12,16H,4-6,9-11,13-14H2,1-3H3,(H,22,26)/t16-/m0/s1. The highest BCUT2D eigenvalue weighted by Crippen LogP contribution is 2.31. The number of amides is 1. The van der Waals surface area contributed by atoms with Gasteiger partial charge in [0, 0.05) is 32.4 Å². The topological polar surface area (TPSA) is 99.0 Å². The van der Waals surface area contributed by atoms with E-state index in [0.717, 1.165) is 31.4 Å². The molecular formula is C21H30N4O5. The van der Waals surface area contributed by atoms with Crippen LogP contribution in [0.4, 0.5) is 0 Å². The first kappa shape index (κ1) is 22.0. The zero-order chi connectivity index (χ0) is 21.3. The Labute approximate surface area is 176 Å². The van der Waals surface area contributed by atoms with Crippen LogP contribution in [0.5, 0.6) is 11.5 Å². The van der Waals surface area contributed by atoms with Crippen LogP contribution in [0.1, 0.15) is 25.2 Å². The zero-order valence-electron chi connectivity index (χ0n) is 17.8. The van der Waals surface area contributed by atoms with Crippen molar-refractivity contribution in [2.24, 2.45) is 5.92 Å². The molecule has 0 aliphatic carbocycles. The molecule has 9 heteroatoms. The molecule has 1 aromatic carbocycles. The minimum absolute atomic E-state index is 0.0189. The molecule has 1 aromatic heterocycles. The zero-order valence-corrected chi connectivity index (χ0v) is 17.8. The Hall–Kier alpha value is -2.65. The third-order valence-electron chi connectivity index (χ3n) is 5.17. The predicted octanol–water partition coefficient (Wildman–Crippen LogP) is 2.12. The maximum atomic E-state index is 12.4. The van der Waals surface area contributed by atoms with Crippen LogP contribution >= 0.6 is 0 Å². The minimum atomic E-state index is -0.0189. The summed E-state index contributed by atoms with van der Waals surface area (Å²) in [6, 6.07) is 5.49. The third-order valence-corrected chi connectivity index (χ3v) is 5.17. The number of piperidine rings is 1. The number of carbonyl (C=O) groups excluding carboxylic acids is 1. The molecule has 1 aliphatic heterocycles. The van der Waals surface area contributed by atoms with Crippen molar-refractivity contribution in [3.63, 3.8) is 0 Å². The van der Waals surface area contributed by atoms with Gasteiger partial charge in [0.15, 0.2) is 11.5 Å². The summed E-state index contributed by atoms with van der Waals surface area (Å²) in [7, 11) is 4.84. The van der Waals surface area contributed by atoms with Crippen LogP contribution in [-0.2, 0) is 16.1 Å². The van der Waals surface area contributed by atoms with E-state index in [1.807, 2.05) is 18.2 Å². The SMILES string of the molecule is COCCCNC(=O)[C@H]1CCCN(Cc2nc(-c3ccc(OC)c(OC)c3)no2)C1. The number of aromatic nitrogens is 2. The molecule has 0 unspecified atom stereocenters. The molecule has 1 saturated heterocycles. The van der Waals surface area contributed by atoms with Crippen LogP contribution in [0.2, 0.25) is 0 Å². The molecule has 164 valence electrons. The summed E-state index contributed by atoms with van der Waals surface area (Å²) in [5.41, 5.74) is 0.787. The van der Waals surface area contributed by atoms with E-state index in [-0.39, 0.29) is 11.8 Å². The lowest BCUT2D eigenvalue weighted by atomic mass is 9.97. The van der Waals surface area contributed by atoms with Gasteiger partial charge in [-0.3, -0.25) is 9.69 Å². The summed E-state index contributed by atoms with van der Waals surface area (Å²) in [5, 5.41) is 7.09. The Balaban J connectivity index is 1.57. The number of hydrogen-bond donors (Lipinski definition) is 1. The fourth-order valence-corrected chi connectivity index (χ4v) is 3.59. The molecule has 1 aliphatic rings. The highest BCUT2D eigenvalue weighted by molar-refractivity contribution is 5.78. The van der Waals surface area contributed by atoms with Crippen molar-refractivity contribution in [1.82, 2.24) is 20.4 Å². The van der Waals surface area contributed by atoms with Gasteiger partial charge in [-0.05, 0) is 44.0 Å². The first-order chi connectivity index (χ1) is 14.6. The molecule has 1 fully saturated rings. The number of carbonyl (C=O) groups is 1. The smallest absolute Gasteiger partial charge is 0.241 e. The van der Waals surface area contributed by atoms with Crippen LogP contribution in [0.15, 0.2) is 22.7 Å². The van der Waals surface area contributed by atoms with E-state index in [4.69, 9.17) is 18.7 Å². The second kappa shape index (κ2) is 10.9. The van der Waals surface area contributed by atoms with Gasteiger partial charge in [-0.2, -0.15) is 4.98 Å². The van der Waals surface area contributed by atoms with Gasteiger partial charge in [0.1, 0.15) is 0 Å². The largest absolute Gasteiger partial charge is 0.493 e. The van der Waals surface area contributed by atoms with Gasteiger partial charge in [0.05, 0.1) is 26.7 Å². The molecule has 2 heterocycles. The van der Waals surface area contributed by atoms with E-state index in [9.17, 15) is 4.79 Å². The van der Waals surface area contributed by atoms with Gasteiger partial charge in [-0.1, -0.05) is 5.16 Å². The fourth-order valence-electron chi connectivity index (χ4n) is 3.59. The van der Waals surface area contributed by atoms with Crippen LogP contribution in [0, 0.1) is 5.92 Å². The van der Waals surface area contributed by atoms with Gasteiger partial charge in [0.2, 0.25) is 17.6 Å². The van der Waals surface area contributed by atoms with E-state index in [1.54, 1.807) is 21.3 Å². The second-order valence-electron chi connectivity index (χ2n) is 7.29. The summed E-state index contributed by atoms with van der Waals surface area (Å²) >= 11 is 0. The van der Waals surface area contributed by atoms with Gasteiger partial charge in [0.25, 0.3) is 0 Å². The van der Waals surface area contributed by atoms with Crippen molar-refractivity contribution < 1.29 is 23.5 Å². The Kier molecular flexibility index (Phi) is 8.04. The Morgan fingerprint density at radius 1 is 1.27 bits per heavy atom. The maximum absolute atomic E-state index is 12.4. The molecule has 0 radical (unpaired) electrons. The summed E-state index contributed by atoms with van der Waals surface area (Å²) in [6.45, 7) is 3.40. The van der Waals surface area contributed by atoms with Crippen molar-refractivity contribution in [3.8, 4) is 22.9 Å². The highest BCUT2D eigenvalue weighted by Gasteiger charge is 2.26. The number of ether oxygens (including phenoxy) is 3. The molecule has 1 N–H and O–H groups in total. The Morgan fingerprint density at radius 3 is 2.87 bits per heavy atom. The molecule has 2 aromatic rings. The second-order valence-corrected chi connectivity index (χ2v) is 7.29. The number of likely N-dealkylation sites (tertiary alicyclic amines) is 1. The average molecular weight is 418 g/mol. The highest BCUT2D eigenvalue weighted by atomic mass is 16.5. The van der Waals surface area contributed by atoms with E-state index in [0.29, 0.717) is 49.5 Å². The van der Waals surface area contributed by atoms with Crippen molar-refractivity contribution >= 4 is 5.91 Å². The summed E-state index contributed by atoms with van der Waals surface area (Å²) in [4.78, 5) is 19.1. The number of nitrogens with one attached hydrogen (secondary N) is 1. The predicted molar refractivity (Wildman–Crippen MR) is 110 cm³/mol. The number of benzene rings is 1. The summed E-state index contributed by atoms with van der Waals surface area (Å²) in [5.74, 6) is 2.36. The number of hydrogen-bond acceptors (Lipinski definition) is 8. The molecule has 3 rings (SSSR count). The summed E-state index contributed by atoms with van der Waals surface area (Å²) in [6.07, 6.45) is 2.68. The lowest BCUT2D eigenvalue weighted by Gasteiger charge is -2.30. The van der Waals surface area contributed by atoms with Crippen LogP contribution < -0.4 is 14.8 Å². The van der Waals surface area contributed by atoms with Crippen molar-refractivity contribution in [3.05, 3.63) is 24.1 Å². The molecular weight excluding hydrogens is 388 g/mol. The molecule has 0 saturated carbocycles. The molecule has 1 amide bonds. The van der Waals surface area contributed by atoms with E-state index < -0.39 is 0 Å². The van der Waals surface area contributed by atoms with Crippen LogP contribution in [0.25, 0.3) is 11.4 Å². The van der Waals surface area contributed by atoms with Gasteiger partial charge >= 0.3 is 0 Å². The van der Waals surface area contributed by atoms with Crippen LogP contribution in [-0.4, -0.2) is 68.5 Å². The maximum Gasteiger partial charge on any atom is 0.241 e. The quantitative estimate of drug-likeness (QED) is 0.586. The molecule has 9 nitrogen and oxygen atoms in total. The van der Waals surface area contributed by atoms with E-state index in [1.165, 1.54) is 0 Å². The number of methoxy groups -OCH3 is 3. The van der Waals surface area contributed by atoms with E-state index >= 15 is 0 Å². The van der Waals surface area contributed by atoms with Crippen LogP contribution in [0.3, 0.4) is 0 Å². The van der Waals surface area contributed by atoms with Gasteiger partial charge < -0.3 is 24.1 Å². The fraction of sp³-hybridized carbons (Fsp3) is 0.571. The lowest BCUT2D eigenvalue weighted by molar-refractivity contribution is -0.126. The minimum Gasteiger partial charge on any atom is -0.493 e. The Bertz CT molecular complexity index is 825. The monoisotopic (exact) mass is 418 g/mol. The first-order valence-electron chi connectivity index (χ1n) is 10.2. The normalized spacial score (nSPS) is 17.0. The Morgan fingerprint density at radius 2 is 2.10 bits per heavy atom. The van der Waals surface area contributed by atoms with Crippen molar-refractivity contribution in [1.29, 1.82) is 0 Å². The number of rotatable bonds is 10. The van der Waals surface area contributed by atoms with Gasteiger partial charge in [-0.25, -0.2) is 0 Å².